The molecule has 0 aromatic carbocycles. The maximum atomic E-state index is 12.5. The standard InChI is InChI=1S/C27H38N8O3.C26H37N9O3/c1-18(2)22-16-29-35-24(22)31-27(38-21-11-13-33(3)14-12-21)32-26(35)28-15-19-9-10-23(34(37)17-19)30-25(36)20-7-5-4-6-8-20;1-17(2)21-15-29-35-23(21)31-26(38-20-8-11-33(3)12-9-20)32-25(35)28-13-18-6-7-22(34(37)16-18)30-24(36)19-5-4-10-27-14-19/h9-10,16-18,20-21,37H,4-8,11-15H2,1-3H3,(H,28,31,32);6-7,15-17,19-20,27,37H,4-5,8-14H2,1-3H3,(H,28,31,32). The highest BCUT2D eigenvalue weighted by Gasteiger charge is 2.25. The molecule has 76 heavy (non-hydrogen) atoms. The van der Waals surface area contributed by atoms with E-state index in [9.17, 15) is 20.0 Å². The van der Waals surface area contributed by atoms with Crippen LogP contribution in [0.2, 0.25) is 0 Å². The molecule has 1 aliphatic carbocycles. The number of carbonyl (C=O) groups is 2. The van der Waals surface area contributed by atoms with Gasteiger partial charge in [0.05, 0.1) is 30.7 Å². The Labute approximate surface area is 442 Å². The van der Waals surface area contributed by atoms with Crippen molar-refractivity contribution in [1.29, 1.82) is 0 Å². The Bertz CT molecular complexity index is 2870. The van der Waals surface area contributed by atoms with Crippen LogP contribution in [0.15, 0.2) is 59.0 Å². The molecule has 0 spiro atoms. The van der Waals surface area contributed by atoms with Gasteiger partial charge in [-0.25, -0.2) is 0 Å². The van der Waals surface area contributed by atoms with Crippen LogP contribution in [0.25, 0.3) is 11.3 Å². The predicted molar refractivity (Wildman–Crippen MR) is 283 cm³/mol. The molecule has 4 aliphatic rings. The van der Waals surface area contributed by atoms with Crippen LogP contribution in [0.1, 0.15) is 132 Å². The zero-order valence-electron chi connectivity index (χ0n) is 44.8. The van der Waals surface area contributed by atoms with Crippen LogP contribution in [0, 0.1) is 11.8 Å². The molecule has 6 aromatic heterocycles. The second-order valence-electron chi connectivity index (χ2n) is 21.3. The van der Waals surface area contributed by atoms with Gasteiger partial charge in [0.25, 0.3) is 11.8 Å². The molecule has 1 atom stereocenters. The third-order valence-electron chi connectivity index (χ3n) is 14.8. The Morgan fingerprint density at radius 3 is 1.50 bits per heavy atom. The molecule has 9 heterocycles. The summed E-state index contributed by atoms with van der Waals surface area (Å²) in [6.07, 6.45) is 17.4. The van der Waals surface area contributed by atoms with Crippen molar-refractivity contribution in [3.63, 3.8) is 0 Å². The molecule has 10 rings (SSSR count). The number of piperidine rings is 3. The van der Waals surface area contributed by atoms with Crippen LogP contribution in [0.4, 0.5) is 11.9 Å². The zero-order valence-corrected chi connectivity index (χ0v) is 44.8. The molecule has 23 nitrogen and oxygen atoms in total. The van der Waals surface area contributed by atoms with Crippen LogP contribution < -0.4 is 36.4 Å². The maximum Gasteiger partial charge on any atom is 0.322 e. The highest BCUT2D eigenvalue weighted by Crippen LogP contribution is 2.28. The lowest BCUT2D eigenvalue weighted by molar-refractivity contribution is -0.123. The molecule has 5 N–H and O–H groups in total. The number of fused-ring (bicyclic) bond motifs is 2. The Hall–Kier alpha value is -6.98. The molecule has 3 saturated heterocycles. The summed E-state index contributed by atoms with van der Waals surface area (Å²) < 4.78 is 17.6. The summed E-state index contributed by atoms with van der Waals surface area (Å²) in [5.41, 5.74) is 5.46. The Balaban J connectivity index is 0.000000186. The van der Waals surface area contributed by atoms with E-state index < -0.39 is 0 Å². The number of ether oxygens (including phenoxy) is 2. The first-order chi connectivity index (χ1) is 36.7. The fraction of sp³-hybridized carbons (Fsp3) is 0.585. The van der Waals surface area contributed by atoms with E-state index in [4.69, 9.17) is 19.4 Å². The largest absolute Gasteiger partial charge is 0.460 e. The third-order valence-corrected chi connectivity index (χ3v) is 14.8. The zero-order chi connectivity index (χ0) is 53.3. The summed E-state index contributed by atoms with van der Waals surface area (Å²) in [7, 11) is 4.23. The number of aromatic nitrogens is 10. The Kier molecular flexibility index (Phi) is 17.6. The van der Waals surface area contributed by atoms with E-state index in [0.717, 1.165) is 129 Å². The minimum atomic E-state index is -0.217. The number of anilines is 2. The van der Waals surface area contributed by atoms with E-state index in [1.54, 1.807) is 27.4 Å². The minimum Gasteiger partial charge on any atom is -0.460 e. The van der Waals surface area contributed by atoms with Crippen LogP contribution >= 0.6 is 0 Å². The van der Waals surface area contributed by atoms with Gasteiger partial charge in [-0.15, -0.1) is 0 Å². The lowest BCUT2D eigenvalue weighted by Crippen LogP contribution is -2.36. The van der Waals surface area contributed by atoms with Crippen molar-refractivity contribution in [3.05, 3.63) is 82.3 Å². The van der Waals surface area contributed by atoms with Gasteiger partial charge in [0.1, 0.15) is 12.2 Å². The number of carbonyl (C=O) groups excluding carboxylic acids is 2. The number of likely N-dealkylation sites (tertiary alicyclic amines) is 2. The molecule has 0 bridgehead atoms. The van der Waals surface area contributed by atoms with Crippen LogP contribution in [0.3, 0.4) is 0 Å². The number of pyridine rings is 2. The summed E-state index contributed by atoms with van der Waals surface area (Å²) in [6.45, 7) is 14.6. The lowest BCUT2D eigenvalue weighted by Gasteiger charge is -2.28. The minimum absolute atomic E-state index is 0.0407. The number of amides is 2. The topological polar surface area (TPSA) is 256 Å². The second-order valence-corrected chi connectivity index (χ2v) is 21.3. The SMILES string of the molecule is CC(C)c1cnn2c(NCc3ccc(=NC(=O)C4CCCCC4)n(O)c3)nc(OC3CCN(C)CC3)nc12.CC(C)c1cnn2c(NCc3ccc(=NC(=O)C4CCCNC4)n(O)c3)nc(OC3CCN(C)CC3)nc12. The lowest BCUT2D eigenvalue weighted by atomic mass is 9.89. The highest BCUT2D eigenvalue weighted by molar-refractivity contribution is 5.80. The number of rotatable bonds is 14. The number of hydrogen-bond donors (Lipinski definition) is 5. The molecule has 3 aliphatic heterocycles. The monoisotopic (exact) mass is 1050 g/mol. The molecule has 23 heteroatoms. The van der Waals surface area contributed by atoms with Crippen molar-refractivity contribution >= 4 is 35.0 Å². The number of hydrogen-bond acceptors (Lipinski definition) is 17. The first-order valence-corrected chi connectivity index (χ1v) is 27.1. The second kappa shape index (κ2) is 24.8. The molecular weight excluding hydrogens is 971 g/mol. The van der Waals surface area contributed by atoms with Crippen molar-refractivity contribution in [2.45, 2.75) is 135 Å². The summed E-state index contributed by atoms with van der Waals surface area (Å²) in [4.78, 5) is 56.6. The van der Waals surface area contributed by atoms with E-state index >= 15 is 0 Å². The normalized spacial score (nSPS) is 19.1. The van der Waals surface area contributed by atoms with Crippen LogP contribution in [-0.4, -0.2) is 146 Å². The molecule has 0 radical (unpaired) electrons. The smallest absolute Gasteiger partial charge is 0.322 e. The van der Waals surface area contributed by atoms with E-state index in [2.05, 4.69) is 97.7 Å². The first-order valence-electron chi connectivity index (χ1n) is 27.1. The summed E-state index contributed by atoms with van der Waals surface area (Å²) in [6, 6.07) is 7.63. The van der Waals surface area contributed by atoms with E-state index in [1.165, 1.54) is 12.6 Å². The van der Waals surface area contributed by atoms with Gasteiger partial charge in [-0.2, -0.15) is 58.6 Å². The number of nitrogens with zero attached hydrogens (tertiary/aromatic N) is 14. The first kappa shape index (κ1) is 53.8. The Morgan fingerprint density at radius 2 is 1.08 bits per heavy atom. The van der Waals surface area contributed by atoms with Gasteiger partial charge in [-0.05, 0) is 107 Å². The molecule has 1 unspecified atom stereocenters. The van der Waals surface area contributed by atoms with Crippen LogP contribution in [0.5, 0.6) is 12.0 Å². The molecule has 4 fully saturated rings. The maximum absolute atomic E-state index is 12.5. The fourth-order valence-corrected chi connectivity index (χ4v) is 10.0. The molecule has 2 amide bonds. The van der Waals surface area contributed by atoms with E-state index in [1.807, 2.05) is 24.5 Å². The Morgan fingerprint density at radius 1 is 0.632 bits per heavy atom. The van der Waals surface area contributed by atoms with Gasteiger partial charge >= 0.3 is 12.0 Å². The van der Waals surface area contributed by atoms with Crippen molar-refractivity contribution in [2.24, 2.45) is 21.8 Å². The summed E-state index contributed by atoms with van der Waals surface area (Å²) in [5, 5.41) is 39.9. The highest BCUT2D eigenvalue weighted by atomic mass is 16.5. The number of nitrogens with one attached hydrogen (secondary N) is 3. The molecule has 1 saturated carbocycles. The fourth-order valence-electron chi connectivity index (χ4n) is 10.0. The van der Waals surface area contributed by atoms with Gasteiger partial charge in [0.15, 0.2) is 22.3 Å². The molecular formula is C53H75N17O6. The average molecular weight is 1050 g/mol. The van der Waals surface area contributed by atoms with Crippen molar-refractivity contribution in [2.75, 3.05) is 64.0 Å². The van der Waals surface area contributed by atoms with Gasteiger partial charge in [-0.3, -0.25) is 9.59 Å². The molecule has 408 valence electrons. The quantitative estimate of drug-likeness (QED) is 0.0881. The molecule has 6 aromatic rings. The van der Waals surface area contributed by atoms with Crippen molar-refractivity contribution < 1.29 is 29.5 Å². The average Bonchev–Trinajstić information content (AvgIpc) is 4.07. The van der Waals surface area contributed by atoms with Gasteiger partial charge in [-0.1, -0.05) is 59.1 Å². The van der Waals surface area contributed by atoms with E-state index in [0.29, 0.717) is 54.8 Å². The van der Waals surface area contributed by atoms with Crippen molar-refractivity contribution in [3.8, 4) is 12.0 Å². The van der Waals surface area contributed by atoms with Gasteiger partial charge < -0.3 is 45.6 Å². The van der Waals surface area contributed by atoms with Crippen LogP contribution in [-0.2, 0) is 22.7 Å². The summed E-state index contributed by atoms with van der Waals surface area (Å²) >= 11 is 0. The van der Waals surface area contributed by atoms with Gasteiger partial charge in [0, 0.05) is 62.9 Å². The van der Waals surface area contributed by atoms with Gasteiger partial charge in [0.2, 0.25) is 11.9 Å². The van der Waals surface area contributed by atoms with Crippen molar-refractivity contribution in [1.82, 2.24) is 63.7 Å². The third kappa shape index (κ3) is 13.5. The van der Waals surface area contributed by atoms with E-state index in [-0.39, 0.29) is 58.7 Å². The predicted octanol–water partition coefficient (Wildman–Crippen LogP) is 5.18. The summed E-state index contributed by atoms with van der Waals surface area (Å²) in [5.74, 6) is 0.931.